The van der Waals surface area contributed by atoms with Crippen LogP contribution in [0.2, 0.25) is 0 Å². The molecule has 0 bridgehead atoms. The molecule has 1 fully saturated rings. The van der Waals surface area contributed by atoms with Crippen LogP contribution in [0.4, 0.5) is 0 Å². The minimum absolute atomic E-state index is 0.000329. The van der Waals surface area contributed by atoms with Crippen molar-refractivity contribution in [3.8, 4) is 0 Å². The molecular formula is C12H23N3OS. The molecule has 5 heteroatoms. The zero-order valence-electron chi connectivity index (χ0n) is 10.6. The van der Waals surface area contributed by atoms with Gasteiger partial charge in [0.15, 0.2) is 5.11 Å². The van der Waals surface area contributed by atoms with Crippen molar-refractivity contribution >= 4 is 23.2 Å². The van der Waals surface area contributed by atoms with Gasteiger partial charge in [0, 0.05) is 12.6 Å². The van der Waals surface area contributed by atoms with Crippen LogP contribution >= 0.6 is 12.2 Å². The maximum absolute atomic E-state index is 11.3. The molecule has 0 aromatic heterocycles. The molecule has 98 valence electrons. The molecule has 0 heterocycles. The second-order valence-electron chi connectivity index (χ2n) is 4.51. The smallest absolute Gasteiger partial charge is 0.239 e. The molecule has 0 radical (unpaired) electrons. The molecule has 0 unspecified atom stereocenters. The van der Waals surface area contributed by atoms with Gasteiger partial charge < -0.3 is 16.0 Å². The van der Waals surface area contributed by atoms with Gasteiger partial charge in [0.05, 0.1) is 6.54 Å². The summed E-state index contributed by atoms with van der Waals surface area (Å²) in [4.78, 5) is 11.3. The van der Waals surface area contributed by atoms with E-state index in [0.717, 1.165) is 13.0 Å². The Morgan fingerprint density at radius 1 is 1.24 bits per heavy atom. The van der Waals surface area contributed by atoms with Crippen LogP contribution < -0.4 is 16.0 Å². The maximum Gasteiger partial charge on any atom is 0.239 e. The standard InChI is InChI=1S/C12H23N3OS/c1-2-8-13-11(16)9-14-12(17)15-10-6-4-3-5-7-10/h10H,2-9H2,1H3,(H,13,16)(H2,14,15,17). The normalized spacial score (nSPS) is 16.3. The fourth-order valence-corrected chi connectivity index (χ4v) is 2.21. The molecule has 0 aliphatic heterocycles. The number of thiocarbonyl (C=S) groups is 1. The van der Waals surface area contributed by atoms with E-state index in [1.807, 2.05) is 6.92 Å². The fourth-order valence-electron chi connectivity index (χ4n) is 1.97. The lowest BCUT2D eigenvalue weighted by atomic mass is 9.96. The maximum atomic E-state index is 11.3. The summed E-state index contributed by atoms with van der Waals surface area (Å²) >= 11 is 5.16. The third-order valence-corrected chi connectivity index (χ3v) is 3.18. The fraction of sp³-hybridized carbons (Fsp3) is 0.833. The SMILES string of the molecule is CCCNC(=O)CNC(=S)NC1CCCCC1. The van der Waals surface area contributed by atoms with Gasteiger partial charge in [-0.2, -0.15) is 0 Å². The molecule has 1 aliphatic rings. The molecular weight excluding hydrogens is 234 g/mol. The van der Waals surface area contributed by atoms with Crippen molar-refractivity contribution in [2.45, 2.75) is 51.5 Å². The van der Waals surface area contributed by atoms with E-state index in [1.54, 1.807) is 0 Å². The molecule has 1 amide bonds. The van der Waals surface area contributed by atoms with Crippen molar-refractivity contribution in [1.29, 1.82) is 0 Å². The highest BCUT2D eigenvalue weighted by Crippen LogP contribution is 2.16. The second kappa shape index (κ2) is 8.28. The van der Waals surface area contributed by atoms with Crippen molar-refractivity contribution in [3.05, 3.63) is 0 Å². The van der Waals surface area contributed by atoms with Crippen LogP contribution in [0.5, 0.6) is 0 Å². The van der Waals surface area contributed by atoms with E-state index in [4.69, 9.17) is 12.2 Å². The average Bonchev–Trinajstić information content (AvgIpc) is 2.35. The molecule has 17 heavy (non-hydrogen) atoms. The molecule has 3 N–H and O–H groups in total. The number of rotatable bonds is 5. The van der Waals surface area contributed by atoms with Crippen LogP contribution in [0.25, 0.3) is 0 Å². The highest BCUT2D eigenvalue weighted by molar-refractivity contribution is 7.80. The summed E-state index contributed by atoms with van der Waals surface area (Å²) in [7, 11) is 0. The quantitative estimate of drug-likeness (QED) is 0.650. The molecule has 4 nitrogen and oxygen atoms in total. The Morgan fingerprint density at radius 2 is 1.94 bits per heavy atom. The van der Waals surface area contributed by atoms with Gasteiger partial charge in [-0.15, -0.1) is 0 Å². The van der Waals surface area contributed by atoms with E-state index in [0.29, 0.717) is 11.2 Å². The molecule has 0 aromatic carbocycles. The van der Waals surface area contributed by atoms with Crippen molar-refractivity contribution in [3.63, 3.8) is 0 Å². The average molecular weight is 257 g/mol. The van der Waals surface area contributed by atoms with Crippen molar-refractivity contribution in [2.75, 3.05) is 13.1 Å². The Morgan fingerprint density at radius 3 is 2.59 bits per heavy atom. The Bertz CT molecular complexity index is 252. The van der Waals surface area contributed by atoms with Crippen LogP contribution in [0.1, 0.15) is 45.4 Å². The molecule has 0 saturated heterocycles. The van der Waals surface area contributed by atoms with E-state index in [2.05, 4.69) is 16.0 Å². The number of nitrogens with one attached hydrogen (secondary N) is 3. The lowest BCUT2D eigenvalue weighted by molar-refractivity contribution is -0.119. The molecule has 0 aromatic rings. The van der Waals surface area contributed by atoms with Crippen LogP contribution in [0.15, 0.2) is 0 Å². The van der Waals surface area contributed by atoms with E-state index in [-0.39, 0.29) is 12.5 Å². The van der Waals surface area contributed by atoms with E-state index in [9.17, 15) is 4.79 Å². The second-order valence-corrected chi connectivity index (χ2v) is 4.92. The van der Waals surface area contributed by atoms with Gasteiger partial charge >= 0.3 is 0 Å². The molecule has 1 rings (SSSR count). The first-order chi connectivity index (χ1) is 8.22. The molecule has 1 aliphatic carbocycles. The first-order valence-corrected chi connectivity index (χ1v) is 6.94. The number of carbonyl (C=O) groups excluding carboxylic acids is 1. The van der Waals surface area contributed by atoms with Gasteiger partial charge in [0.1, 0.15) is 0 Å². The van der Waals surface area contributed by atoms with Crippen molar-refractivity contribution < 1.29 is 4.79 Å². The largest absolute Gasteiger partial charge is 0.360 e. The van der Waals surface area contributed by atoms with Gasteiger partial charge in [-0.05, 0) is 31.5 Å². The summed E-state index contributed by atoms with van der Waals surface area (Å²) in [6.07, 6.45) is 7.20. The minimum atomic E-state index is -0.000329. The van der Waals surface area contributed by atoms with Crippen molar-refractivity contribution in [2.24, 2.45) is 0 Å². The summed E-state index contributed by atoms with van der Waals surface area (Å²) < 4.78 is 0. The third-order valence-electron chi connectivity index (χ3n) is 2.92. The zero-order valence-corrected chi connectivity index (χ0v) is 11.4. The number of hydrogen-bond donors (Lipinski definition) is 3. The first-order valence-electron chi connectivity index (χ1n) is 6.53. The summed E-state index contributed by atoms with van der Waals surface area (Å²) in [5.74, 6) is -0.000329. The number of hydrogen-bond acceptors (Lipinski definition) is 2. The topological polar surface area (TPSA) is 53.2 Å². The van der Waals surface area contributed by atoms with Crippen LogP contribution in [0.3, 0.4) is 0 Å². The van der Waals surface area contributed by atoms with Gasteiger partial charge in [-0.3, -0.25) is 4.79 Å². The van der Waals surface area contributed by atoms with E-state index in [1.165, 1.54) is 32.1 Å². The summed E-state index contributed by atoms with van der Waals surface area (Å²) in [5, 5.41) is 9.62. The Balaban J connectivity index is 2.09. The monoisotopic (exact) mass is 257 g/mol. The Hall–Kier alpha value is -0.840. The summed E-state index contributed by atoms with van der Waals surface area (Å²) in [6.45, 7) is 3.02. The Labute approximate surface area is 109 Å². The summed E-state index contributed by atoms with van der Waals surface area (Å²) in [6, 6.07) is 0.488. The van der Waals surface area contributed by atoms with Crippen molar-refractivity contribution in [1.82, 2.24) is 16.0 Å². The van der Waals surface area contributed by atoms with E-state index >= 15 is 0 Å². The predicted molar refractivity (Wildman–Crippen MR) is 73.9 cm³/mol. The van der Waals surface area contributed by atoms with Gasteiger partial charge in [0.25, 0.3) is 0 Å². The highest BCUT2D eigenvalue weighted by atomic mass is 32.1. The van der Waals surface area contributed by atoms with Crippen LogP contribution in [0, 0.1) is 0 Å². The van der Waals surface area contributed by atoms with Gasteiger partial charge in [-0.25, -0.2) is 0 Å². The van der Waals surface area contributed by atoms with Crippen LogP contribution in [-0.2, 0) is 4.79 Å². The third kappa shape index (κ3) is 6.46. The van der Waals surface area contributed by atoms with E-state index < -0.39 is 0 Å². The lowest BCUT2D eigenvalue weighted by Gasteiger charge is -2.24. The first kappa shape index (κ1) is 14.2. The molecule has 0 atom stereocenters. The van der Waals surface area contributed by atoms with Gasteiger partial charge in [-0.1, -0.05) is 26.2 Å². The number of carbonyl (C=O) groups is 1. The van der Waals surface area contributed by atoms with Crippen LogP contribution in [-0.4, -0.2) is 30.2 Å². The molecule has 0 spiro atoms. The summed E-state index contributed by atoms with van der Waals surface area (Å²) in [5.41, 5.74) is 0. The zero-order chi connectivity index (χ0) is 12.5. The lowest BCUT2D eigenvalue weighted by Crippen LogP contribution is -2.46. The molecule has 1 saturated carbocycles. The Kier molecular flexibility index (Phi) is 6.93. The van der Waals surface area contributed by atoms with Gasteiger partial charge in [0.2, 0.25) is 5.91 Å². The number of amides is 1. The highest BCUT2D eigenvalue weighted by Gasteiger charge is 2.13. The predicted octanol–water partition coefficient (Wildman–Crippen LogP) is 1.31. The minimum Gasteiger partial charge on any atom is -0.360 e.